The largest absolute Gasteiger partial charge is 0.472 e. The number of anilines is 1. The second-order valence-corrected chi connectivity index (χ2v) is 13.9. The molecule has 5 rings (SSSR count). The number of hydrogen-bond acceptors (Lipinski definition) is 8. The van der Waals surface area contributed by atoms with E-state index in [1.807, 2.05) is 27.7 Å². The Morgan fingerprint density at radius 1 is 1.31 bits per heavy atom. The van der Waals surface area contributed by atoms with E-state index in [2.05, 4.69) is 21.7 Å². The SMILES string of the molecule is CCCCOC(=O)N[C@H](C(=O)N1C[C@@H]2CC[C@@H](F)[C@@H](C)[C@@H]2[C@H]1C(=O)N1C[C@@]2(C[C@H]1C#N)Oc1cccnc1NC2=O)C(C)(C)C. The van der Waals surface area contributed by atoms with Crippen LogP contribution in [0.2, 0.25) is 0 Å². The second-order valence-electron chi connectivity index (χ2n) is 13.9. The number of carbonyl (C=O) groups is 4. The van der Waals surface area contributed by atoms with Gasteiger partial charge >= 0.3 is 6.09 Å². The number of nitriles is 1. The molecule has 0 bridgehead atoms. The van der Waals surface area contributed by atoms with Crippen LogP contribution in [0.4, 0.5) is 15.0 Å². The minimum absolute atomic E-state index is 0.0821. The molecule has 2 saturated heterocycles. The molecule has 2 N–H and O–H groups in total. The maximum absolute atomic E-state index is 15.2. The van der Waals surface area contributed by atoms with Gasteiger partial charge in [0.1, 0.15) is 24.3 Å². The second kappa shape index (κ2) is 12.4. The average Bonchev–Trinajstić information content (AvgIpc) is 3.57. The van der Waals surface area contributed by atoms with Crippen LogP contribution in [-0.2, 0) is 19.1 Å². The van der Waals surface area contributed by atoms with Crippen molar-refractivity contribution in [2.24, 2.45) is 23.2 Å². The summed E-state index contributed by atoms with van der Waals surface area (Å²) >= 11 is 0. The summed E-state index contributed by atoms with van der Waals surface area (Å²) < 4.78 is 26.6. The van der Waals surface area contributed by atoms with E-state index in [1.54, 1.807) is 19.1 Å². The van der Waals surface area contributed by atoms with Crippen molar-refractivity contribution in [2.75, 3.05) is 25.0 Å². The molecule has 244 valence electrons. The summed E-state index contributed by atoms with van der Waals surface area (Å²) in [5.74, 6) is -2.14. The highest BCUT2D eigenvalue weighted by atomic mass is 19.1. The van der Waals surface area contributed by atoms with Crippen LogP contribution in [0.25, 0.3) is 0 Å². The lowest BCUT2D eigenvalue weighted by atomic mass is 9.70. The topological polar surface area (TPSA) is 154 Å². The van der Waals surface area contributed by atoms with E-state index >= 15 is 4.39 Å². The summed E-state index contributed by atoms with van der Waals surface area (Å²) in [5.41, 5.74) is -2.28. The number of hydrogen-bond donors (Lipinski definition) is 2. The molecule has 0 aromatic carbocycles. The Labute approximate surface area is 263 Å². The van der Waals surface area contributed by atoms with Gasteiger partial charge in [0, 0.05) is 19.2 Å². The maximum Gasteiger partial charge on any atom is 0.407 e. The summed E-state index contributed by atoms with van der Waals surface area (Å²) in [7, 11) is 0. The molecule has 13 heteroatoms. The van der Waals surface area contributed by atoms with E-state index in [-0.39, 0.29) is 37.9 Å². The number of ether oxygens (including phenoxy) is 2. The van der Waals surface area contributed by atoms with Crippen LogP contribution in [0.5, 0.6) is 5.75 Å². The number of nitrogens with zero attached hydrogens (tertiary/aromatic N) is 4. The van der Waals surface area contributed by atoms with Gasteiger partial charge in [-0.25, -0.2) is 14.2 Å². The van der Waals surface area contributed by atoms with Gasteiger partial charge in [0.2, 0.25) is 17.4 Å². The molecule has 3 fully saturated rings. The van der Waals surface area contributed by atoms with Crippen LogP contribution < -0.4 is 15.4 Å². The van der Waals surface area contributed by atoms with Crippen LogP contribution in [0.3, 0.4) is 0 Å². The number of rotatable bonds is 6. The fourth-order valence-electron chi connectivity index (χ4n) is 7.31. The van der Waals surface area contributed by atoms with Crippen LogP contribution in [0.15, 0.2) is 18.3 Å². The summed E-state index contributed by atoms with van der Waals surface area (Å²) in [6.07, 6.45) is 1.88. The van der Waals surface area contributed by atoms with E-state index in [9.17, 15) is 24.4 Å². The zero-order valence-corrected chi connectivity index (χ0v) is 26.5. The smallest absolute Gasteiger partial charge is 0.407 e. The fourth-order valence-corrected chi connectivity index (χ4v) is 7.31. The van der Waals surface area contributed by atoms with E-state index in [0.29, 0.717) is 25.0 Å². The van der Waals surface area contributed by atoms with Gasteiger partial charge in [-0.15, -0.1) is 0 Å². The molecule has 1 saturated carbocycles. The number of carbonyl (C=O) groups excluding carboxylic acids is 4. The summed E-state index contributed by atoms with van der Waals surface area (Å²) in [6.45, 7) is 9.35. The first kappa shape index (κ1) is 32.4. The zero-order chi connectivity index (χ0) is 32.7. The van der Waals surface area contributed by atoms with Crippen molar-refractivity contribution in [1.82, 2.24) is 20.1 Å². The molecule has 1 aliphatic carbocycles. The standard InChI is InChI=1S/C32H43FN6O6/c1-6-7-13-44-30(43)36-25(31(3,4)5)28(41)38-16-19-10-11-21(33)18(2)23(19)24(38)27(40)39-17-32(14-20(39)15-34)29(42)37-26-22(45-32)9-8-12-35-26/h8-9,12,18-21,23-25H,6-7,10-11,13-14,16-17H2,1-5H3,(H,36,43)(H,35,37,42)/t18-,19+,20+,21-,23+,24+,25-,32-/m1/s1. The minimum Gasteiger partial charge on any atom is -0.472 e. The van der Waals surface area contributed by atoms with Gasteiger partial charge < -0.3 is 29.9 Å². The number of nitrogens with one attached hydrogen (secondary N) is 2. The first-order chi connectivity index (χ1) is 21.3. The Morgan fingerprint density at radius 3 is 2.76 bits per heavy atom. The molecular formula is C32H43FN6O6. The van der Waals surface area contributed by atoms with Gasteiger partial charge in [-0.2, -0.15) is 5.26 Å². The average molecular weight is 627 g/mol. The van der Waals surface area contributed by atoms with Gasteiger partial charge in [0.15, 0.2) is 11.6 Å². The summed E-state index contributed by atoms with van der Waals surface area (Å²) in [5, 5.41) is 15.6. The Kier molecular flexibility index (Phi) is 8.97. The third kappa shape index (κ3) is 6.03. The van der Waals surface area contributed by atoms with Crippen LogP contribution in [0, 0.1) is 34.5 Å². The zero-order valence-electron chi connectivity index (χ0n) is 26.5. The number of unbranched alkanes of at least 4 members (excludes halogenated alkanes) is 1. The van der Waals surface area contributed by atoms with Crippen LogP contribution >= 0.6 is 0 Å². The highest BCUT2D eigenvalue weighted by Crippen LogP contribution is 2.47. The lowest BCUT2D eigenvalue weighted by molar-refractivity contribution is -0.149. The molecule has 45 heavy (non-hydrogen) atoms. The third-order valence-corrected chi connectivity index (χ3v) is 9.79. The van der Waals surface area contributed by atoms with Gasteiger partial charge in [0.05, 0.1) is 19.2 Å². The third-order valence-electron chi connectivity index (χ3n) is 9.79. The molecule has 8 atom stereocenters. The number of aromatic nitrogens is 1. The highest BCUT2D eigenvalue weighted by Gasteiger charge is 2.60. The van der Waals surface area contributed by atoms with Crippen molar-refractivity contribution in [1.29, 1.82) is 5.26 Å². The van der Waals surface area contributed by atoms with Crippen molar-refractivity contribution in [3.63, 3.8) is 0 Å². The molecule has 3 aliphatic heterocycles. The minimum atomic E-state index is -1.53. The lowest BCUT2D eigenvalue weighted by Gasteiger charge is -2.40. The Hall–Kier alpha value is -3.95. The number of amides is 4. The van der Waals surface area contributed by atoms with Gasteiger partial charge in [-0.3, -0.25) is 14.4 Å². The van der Waals surface area contributed by atoms with Crippen LogP contribution in [0.1, 0.15) is 66.7 Å². The van der Waals surface area contributed by atoms with E-state index in [1.165, 1.54) is 16.0 Å². The maximum atomic E-state index is 15.2. The molecule has 1 spiro atoms. The normalized spacial score (nSPS) is 31.3. The molecule has 0 unspecified atom stereocenters. The highest BCUT2D eigenvalue weighted by molar-refractivity contribution is 6.01. The number of alkyl carbamates (subject to hydrolysis) is 1. The van der Waals surface area contributed by atoms with E-state index in [4.69, 9.17) is 9.47 Å². The van der Waals surface area contributed by atoms with E-state index < -0.39 is 71.0 Å². The Balaban J connectivity index is 1.46. The van der Waals surface area contributed by atoms with Crippen molar-refractivity contribution < 1.29 is 33.0 Å². The number of pyridine rings is 1. The number of alkyl halides is 1. The molecule has 4 heterocycles. The van der Waals surface area contributed by atoms with Gasteiger partial charge in [-0.1, -0.05) is 41.0 Å². The van der Waals surface area contributed by atoms with Crippen molar-refractivity contribution >= 4 is 29.6 Å². The van der Waals surface area contributed by atoms with Gasteiger partial charge in [0.25, 0.3) is 5.91 Å². The monoisotopic (exact) mass is 626 g/mol. The lowest BCUT2D eigenvalue weighted by Crippen LogP contribution is -2.60. The predicted molar refractivity (Wildman–Crippen MR) is 160 cm³/mol. The summed E-state index contributed by atoms with van der Waals surface area (Å²) in [6, 6.07) is 2.30. The Morgan fingerprint density at radius 2 is 2.07 bits per heavy atom. The molecule has 1 aromatic rings. The molecule has 4 aliphatic rings. The van der Waals surface area contributed by atoms with Gasteiger partial charge in [-0.05, 0) is 54.6 Å². The van der Waals surface area contributed by atoms with Crippen molar-refractivity contribution in [3.8, 4) is 11.8 Å². The van der Waals surface area contributed by atoms with Crippen molar-refractivity contribution in [3.05, 3.63) is 18.3 Å². The molecular weight excluding hydrogens is 583 g/mol. The molecule has 1 aromatic heterocycles. The Bertz CT molecular complexity index is 1380. The van der Waals surface area contributed by atoms with Crippen molar-refractivity contribution in [2.45, 2.75) is 96.6 Å². The number of likely N-dealkylation sites (tertiary alicyclic amines) is 2. The predicted octanol–water partition coefficient (Wildman–Crippen LogP) is 3.43. The summed E-state index contributed by atoms with van der Waals surface area (Å²) in [4.78, 5) is 62.0. The number of fused-ring (bicyclic) bond motifs is 2. The fraction of sp³-hybridized carbons (Fsp3) is 0.688. The van der Waals surface area contributed by atoms with E-state index in [0.717, 1.165) is 6.42 Å². The molecule has 12 nitrogen and oxygen atoms in total. The van der Waals surface area contributed by atoms with Crippen LogP contribution in [-0.4, -0.2) is 88.2 Å². The molecule has 4 amide bonds. The first-order valence-corrected chi connectivity index (χ1v) is 15.8. The molecule has 0 radical (unpaired) electrons. The quantitative estimate of drug-likeness (QED) is 0.456. The number of halogens is 1. The first-order valence-electron chi connectivity index (χ1n) is 15.8.